The number of nitrogens with zero attached hydrogens (tertiary/aromatic N) is 3. The number of ketones is 1. The van der Waals surface area contributed by atoms with E-state index in [1.165, 1.54) is 6.92 Å². The van der Waals surface area contributed by atoms with Crippen LogP contribution in [0.5, 0.6) is 0 Å². The molecule has 0 N–H and O–H groups in total. The highest BCUT2D eigenvalue weighted by molar-refractivity contribution is 5.90. The first-order valence-corrected chi connectivity index (χ1v) is 6.74. The smallest absolute Gasteiger partial charge is 0.410 e. The molecule has 1 aromatic rings. The summed E-state index contributed by atoms with van der Waals surface area (Å²) < 4.78 is 7.29. The second-order valence-electron chi connectivity index (χ2n) is 6.21. The van der Waals surface area contributed by atoms with E-state index in [1.54, 1.807) is 11.1 Å². The first-order chi connectivity index (χ1) is 9.19. The summed E-state index contributed by atoms with van der Waals surface area (Å²) in [5, 5.41) is 0. The van der Waals surface area contributed by atoms with E-state index in [1.807, 2.05) is 32.3 Å². The van der Waals surface area contributed by atoms with E-state index >= 15 is 0 Å². The Morgan fingerprint density at radius 1 is 1.40 bits per heavy atom. The Morgan fingerprint density at radius 2 is 2.05 bits per heavy atom. The fourth-order valence-corrected chi connectivity index (χ4v) is 2.39. The van der Waals surface area contributed by atoms with Crippen LogP contribution in [0.1, 0.15) is 57.0 Å². The van der Waals surface area contributed by atoms with E-state index in [-0.39, 0.29) is 17.9 Å². The number of ether oxygens (including phenoxy) is 1. The maximum atomic E-state index is 12.1. The fraction of sp³-hybridized carbons (Fsp3) is 0.643. The molecule has 0 saturated heterocycles. The van der Waals surface area contributed by atoms with Crippen molar-refractivity contribution in [3.8, 4) is 0 Å². The van der Waals surface area contributed by atoms with E-state index in [4.69, 9.17) is 4.74 Å². The lowest BCUT2D eigenvalue weighted by Gasteiger charge is -2.34. The summed E-state index contributed by atoms with van der Waals surface area (Å²) >= 11 is 0. The minimum Gasteiger partial charge on any atom is -0.444 e. The Kier molecular flexibility index (Phi) is 3.58. The molecule has 0 aromatic carbocycles. The zero-order valence-electron chi connectivity index (χ0n) is 12.6. The third-order valence-corrected chi connectivity index (χ3v) is 3.12. The van der Waals surface area contributed by atoms with Crippen LogP contribution in [-0.4, -0.2) is 38.5 Å². The lowest BCUT2D eigenvalue weighted by Crippen LogP contribution is -2.43. The zero-order valence-corrected chi connectivity index (χ0v) is 12.6. The Bertz CT molecular complexity index is 542. The molecule has 0 unspecified atom stereocenters. The predicted octanol–water partition coefficient (Wildman–Crippen LogP) is 2.40. The van der Waals surface area contributed by atoms with Crippen LogP contribution in [0.2, 0.25) is 0 Å². The molecular weight excluding hydrogens is 258 g/mol. The Labute approximate surface area is 118 Å². The van der Waals surface area contributed by atoms with Gasteiger partial charge in [-0.2, -0.15) is 0 Å². The lowest BCUT2D eigenvalue weighted by atomic mass is 10.2. The fourth-order valence-electron chi connectivity index (χ4n) is 2.39. The van der Waals surface area contributed by atoms with Gasteiger partial charge >= 0.3 is 6.09 Å². The molecule has 0 bridgehead atoms. The summed E-state index contributed by atoms with van der Waals surface area (Å²) in [7, 11) is 0. The van der Waals surface area contributed by atoms with E-state index in [2.05, 4.69) is 4.98 Å². The maximum Gasteiger partial charge on any atom is 0.410 e. The van der Waals surface area contributed by atoms with Crippen molar-refractivity contribution in [1.82, 2.24) is 14.5 Å². The van der Waals surface area contributed by atoms with Crippen LogP contribution in [0, 0.1) is 0 Å². The van der Waals surface area contributed by atoms with Crippen molar-refractivity contribution in [2.24, 2.45) is 0 Å². The molecule has 1 aliphatic rings. The first kappa shape index (κ1) is 14.6. The number of fused-ring (bicyclic) bond motifs is 1. The van der Waals surface area contributed by atoms with Gasteiger partial charge in [-0.3, -0.25) is 4.79 Å². The van der Waals surface area contributed by atoms with Gasteiger partial charge in [-0.15, -0.1) is 0 Å². The largest absolute Gasteiger partial charge is 0.444 e. The van der Waals surface area contributed by atoms with Crippen molar-refractivity contribution < 1.29 is 14.3 Å². The standard InChI is InChI=1S/C14H21N3O3/c1-9-7-16(13(19)20-14(3,4)5)8-11-6-15-12(10(2)18)17(9)11/h6,9H,7-8H2,1-5H3/t9-/m0/s1. The number of hydrogen-bond donors (Lipinski definition) is 0. The molecule has 2 heterocycles. The highest BCUT2D eigenvalue weighted by Gasteiger charge is 2.31. The first-order valence-electron chi connectivity index (χ1n) is 6.74. The summed E-state index contributed by atoms with van der Waals surface area (Å²) in [5.41, 5.74) is 0.350. The monoisotopic (exact) mass is 279 g/mol. The summed E-state index contributed by atoms with van der Waals surface area (Å²) in [6.45, 7) is 9.93. The van der Waals surface area contributed by atoms with Gasteiger partial charge in [0.15, 0.2) is 11.6 Å². The van der Waals surface area contributed by atoms with E-state index in [0.717, 1.165) is 5.69 Å². The van der Waals surface area contributed by atoms with Crippen LogP contribution in [0.25, 0.3) is 0 Å². The molecule has 0 radical (unpaired) electrons. The van der Waals surface area contributed by atoms with Crippen LogP contribution in [0.4, 0.5) is 4.79 Å². The van der Waals surface area contributed by atoms with Crippen LogP contribution >= 0.6 is 0 Å². The minimum atomic E-state index is -0.511. The molecule has 1 aliphatic heterocycles. The average Bonchev–Trinajstić information content (AvgIpc) is 2.70. The summed E-state index contributed by atoms with van der Waals surface area (Å²) in [4.78, 5) is 29.5. The van der Waals surface area contributed by atoms with Gasteiger partial charge in [0.1, 0.15) is 5.60 Å². The molecule has 1 amide bonds. The van der Waals surface area contributed by atoms with Gasteiger partial charge in [-0.05, 0) is 27.7 Å². The van der Waals surface area contributed by atoms with Crippen LogP contribution in [0.3, 0.4) is 0 Å². The quantitative estimate of drug-likeness (QED) is 0.740. The number of carbonyl (C=O) groups excluding carboxylic acids is 2. The van der Waals surface area contributed by atoms with Gasteiger partial charge in [-0.1, -0.05) is 0 Å². The van der Waals surface area contributed by atoms with E-state index in [0.29, 0.717) is 18.9 Å². The Balaban J connectivity index is 2.20. The zero-order chi connectivity index (χ0) is 15.1. The van der Waals surface area contributed by atoms with Gasteiger partial charge in [0.2, 0.25) is 0 Å². The number of Topliss-reactive ketones (excluding diaryl/α,β-unsaturated/α-hetero) is 1. The second-order valence-corrected chi connectivity index (χ2v) is 6.21. The van der Waals surface area contributed by atoms with Crippen molar-refractivity contribution >= 4 is 11.9 Å². The van der Waals surface area contributed by atoms with Gasteiger partial charge in [0.25, 0.3) is 0 Å². The van der Waals surface area contributed by atoms with E-state index in [9.17, 15) is 9.59 Å². The topological polar surface area (TPSA) is 64.4 Å². The SMILES string of the molecule is CC(=O)c1ncc2n1[C@@H](C)CN(C(=O)OC(C)(C)C)C2. The van der Waals surface area contributed by atoms with Crippen molar-refractivity contribution in [3.05, 3.63) is 17.7 Å². The lowest BCUT2D eigenvalue weighted by molar-refractivity contribution is 0.0173. The molecule has 6 heteroatoms. The normalized spacial score (nSPS) is 18.6. The highest BCUT2D eigenvalue weighted by atomic mass is 16.6. The molecule has 2 rings (SSSR count). The molecule has 0 saturated carbocycles. The predicted molar refractivity (Wildman–Crippen MR) is 73.6 cm³/mol. The third kappa shape index (κ3) is 2.84. The molecule has 20 heavy (non-hydrogen) atoms. The molecule has 1 aromatic heterocycles. The van der Waals surface area contributed by atoms with Gasteiger partial charge in [-0.25, -0.2) is 9.78 Å². The van der Waals surface area contributed by atoms with E-state index < -0.39 is 5.60 Å². The number of rotatable bonds is 1. The molecule has 0 fully saturated rings. The van der Waals surface area contributed by atoms with Crippen LogP contribution < -0.4 is 0 Å². The molecule has 110 valence electrons. The number of amides is 1. The minimum absolute atomic E-state index is 0.00710. The van der Waals surface area contributed by atoms with Crippen molar-refractivity contribution in [2.45, 2.75) is 52.8 Å². The molecule has 0 spiro atoms. The van der Waals surface area contributed by atoms with Gasteiger partial charge in [0, 0.05) is 13.5 Å². The molecular formula is C14H21N3O3. The summed E-state index contributed by atoms with van der Waals surface area (Å²) in [6, 6.07) is 0.00710. The Hall–Kier alpha value is -1.85. The highest BCUT2D eigenvalue weighted by Crippen LogP contribution is 2.24. The average molecular weight is 279 g/mol. The van der Waals surface area contributed by atoms with Crippen molar-refractivity contribution in [2.75, 3.05) is 6.54 Å². The summed E-state index contributed by atoms with van der Waals surface area (Å²) in [6.07, 6.45) is 1.32. The van der Waals surface area contributed by atoms with Gasteiger partial charge in [0.05, 0.1) is 24.5 Å². The second kappa shape index (κ2) is 4.92. The summed E-state index contributed by atoms with van der Waals surface area (Å²) in [5.74, 6) is 0.394. The van der Waals surface area contributed by atoms with Crippen molar-refractivity contribution in [3.63, 3.8) is 0 Å². The number of imidazole rings is 1. The van der Waals surface area contributed by atoms with Gasteiger partial charge < -0.3 is 14.2 Å². The maximum absolute atomic E-state index is 12.1. The molecule has 1 atom stereocenters. The number of carbonyl (C=O) groups is 2. The van der Waals surface area contributed by atoms with Crippen LogP contribution in [-0.2, 0) is 11.3 Å². The molecule has 0 aliphatic carbocycles. The van der Waals surface area contributed by atoms with Crippen LogP contribution in [0.15, 0.2) is 6.20 Å². The Morgan fingerprint density at radius 3 is 2.60 bits per heavy atom. The number of hydrogen-bond acceptors (Lipinski definition) is 4. The number of aromatic nitrogens is 2. The third-order valence-electron chi connectivity index (χ3n) is 3.12. The van der Waals surface area contributed by atoms with Crippen molar-refractivity contribution in [1.29, 1.82) is 0 Å². The molecule has 6 nitrogen and oxygen atoms in total.